The largest absolute Gasteiger partial charge is 0.376 e. The van der Waals surface area contributed by atoms with Gasteiger partial charge >= 0.3 is 0 Å². The quantitative estimate of drug-likeness (QED) is 0.655. The Labute approximate surface area is 114 Å². The molecule has 6 nitrogen and oxygen atoms in total. The number of nitrogens with one attached hydrogen (secondary N) is 2. The molecule has 0 bridgehead atoms. The van der Waals surface area contributed by atoms with Gasteiger partial charge in [-0.25, -0.2) is 8.42 Å². The molecule has 2 fully saturated rings. The summed E-state index contributed by atoms with van der Waals surface area (Å²) < 4.78 is 28.2. The van der Waals surface area contributed by atoms with Crippen LogP contribution in [0, 0.1) is 5.92 Å². The molecule has 0 radical (unpaired) electrons. The van der Waals surface area contributed by atoms with Crippen LogP contribution in [0.1, 0.15) is 19.3 Å². The Morgan fingerprint density at radius 3 is 2.63 bits per heavy atom. The van der Waals surface area contributed by atoms with Crippen molar-refractivity contribution < 1.29 is 17.9 Å². The molecule has 2 heterocycles. The van der Waals surface area contributed by atoms with Crippen LogP contribution in [0.15, 0.2) is 0 Å². The first-order valence-electron chi connectivity index (χ1n) is 6.87. The number of piperidine rings is 1. The lowest BCUT2D eigenvalue weighted by atomic mass is 10.1. The molecule has 0 aromatic heterocycles. The molecule has 0 aliphatic carbocycles. The number of hydrogen-bond donors (Lipinski definition) is 2. The zero-order valence-electron chi connectivity index (χ0n) is 11.1. The van der Waals surface area contributed by atoms with E-state index in [2.05, 4.69) is 10.6 Å². The van der Waals surface area contributed by atoms with Gasteiger partial charge in [0, 0.05) is 6.54 Å². The normalized spacial score (nSPS) is 27.3. The van der Waals surface area contributed by atoms with Gasteiger partial charge < -0.3 is 15.4 Å². The highest BCUT2D eigenvalue weighted by atomic mass is 32.2. The molecule has 2 rings (SSSR count). The third-order valence-electron chi connectivity index (χ3n) is 3.64. The Morgan fingerprint density at radius 2 is 2.00 bits per heavy atom. The molecule has 2 aliphatic heterocycles. The number of amides is 1. The van der Waals surface area contributed by atoms with Crippen LogP contribution in [0.3, 0.4) is 0 Å². The summed E-state index contributed by atoms with van der Waals surface area (Å²) in [5.74, 6) is -0.399. The average Bonchev–Trinajstić information content (AvgIpc) is 2.76. The molecule has 2 saturated heterocycles. The van der Waals surface area contributed by atoms with Crippen molar-refractivity contribution in [3.63, 3.8) is 0 Å². The van der Waals surface area contributed by atoms with Crippen molar-refractivity contribution in [2.24, 2.45) is 5.92 Å². The smallest absolute Gasteiger partial charge is 0.224 e. The minimum absolute atomic E-state index is 0.00597. The van der Waals surface area contributed by atoms with Gasteiger partial charge in [0.05, 0.1) is 30.1 Å². The monoisotopic (exact) mass is 290 g/mol. The summed E-state index contributed by atoms with van der Waals surface area (Å²) in [5, 5.41) is 6.02. The lowest BCUT2D eigenvalue weighted by molar-refractivity contribution is -0.124. The minimum atomic E-state index is -2.99. The highest BCUT2D eigenvalue weighted by Gasteiger charge is 2.32. The lowest BCUT2D eigenvalue weighted by Crippen LogP contribution is -2.36. The van der Waals surface area contributed by atoms with Crippen molar-refractivity contribution in [3.05, 3.63) is 0 Å². The predicted molar refractivity (Wildman–Crippen MR) is 71.6 cm³/mol. The van der Waals surface area contributed by atoms with Crippen molar-refractivity contribution >= 4 is 15.7 Å². The van der Waals surface area contributed by atoms with E-state index in [4.69, 9.17) is 4.74 Å². The standard InChI is InChI=1S/C12H22N2O4S/c15-12(10-3-8-19(16,17)9-10)14-6-7-18-11-1-4-13-5-2-11/h10-11,13H,1-9H2,(H,14,15). The van der Waals surface area contributed by atoms with Crippen LogP contribution in [0.5, 0.6) is 0 Å². The molecule has 7 heteroatoms. The Balaban J connectivity index is 1.59. The molecule has 19 heavy (non-hydrogen) atoms. The van der Waals surface area contributed by atoms with Crippen molar-refractivity contribution in [3.8, 4) is 0 Å². The molecule has 1 unspecified atom stereocenters. The Morgan fingerprint density at radius 1 is 1.26 bits per heavy atom. The Kier molecular flexibility index (Phi) is 5.18. The second kappa shape index (κ2) is 6.67. The van der Waals surface area contributed by atoms with Gasteiger partial charge in [0.25, 0.3) is 0 Å². The van der Waals surface area contributed by atoms with E-state index >= 15 is 0 Å². The van der Waals surface area contributed by atoms with Crippen molar-refractivity contribution in [2.75, 3.05) is 37.7 Å². The van der Waals surface area contributed by atoms with E-state index in [0.29, 0.717) is 19.6 Å². The van der Waals surface area contributed by atoms with Crippen LogP contribution < -0.4 is 10.6 Å². The van der Waals surface area contributed by atoms with Gasteiger partial charge in [0.1, 0.15) is 0 Å². The summed E-state index contributed by atoms with van der Waals surface area (Å²) in [6.07, 6.45) is 2.75. The summed E-state index contributed by atoms with van der Waals surface area (Å²) >= 11 is 0. The Bertz CT molecular complexity index is 404. The number of carbonyl (C=O) groups excluding carboxylic acids is 1. The zero-order chi connectivity index (χ0) is 13.7. The van der Waals surface area contributed by atoms with Crippen molar-refractivity contribution in [1.82, 2.24) is 10.6 Å². The van der Waals surface area contributed by atoms with Crippen LogP contribution in [0.25, 0.3) is 0 Å². The van der Waals surface area contributed by atoms with Gasteiger partial charge in [-0.1, -0.05) is 0 Å². The molecular formula is C12H22N2O4S. The first-order chi connectivity index (χ1) is 9.07. The maximum Gasteiger partial charge on any atom is 0.224 e. The number of ether oxygens (including phenoxy) is 1. The SMILES string of the molecule is O=C(NCCOC1CCNCC1)C1CCS(=O)(=O)C1. The van der Waals surface area contributed by atoms with Crippen LogP contribution >= 0.6 is 0 Å². The summed E-state index contributed by atoms with van der Waals surface area (Å²) in [5.41, 5.74) is 0. The van der Waals surface area contributed by atoms with Crippen molar-refractivity contribution in [1.29, 1.82) is 0 Å². The number of carbonyl (C=O) groups is 1. The third-order valence-corrected chi connectivity index (χ3v) is 5.41. The molecule has 0 aromatic rings. The van der Waals surface area contributed by atoms with Gasteiger partial charge in [0.15, 0.2) is 9.84 Å². The van der Waals surface area contributed by atoms with Gasteiger partial charge in [-0.3, -0.25) is 4.79 Å². The fourth-order valence-corrected chi connectivity index (χ4v) is 4.25. The highest BCUT2D eigenvalue weighted by Crippen LogP contribution is 2.18. The molecule has 110 valence electrons. The first-order valence-corrected chi connectivity index (χ1v) is 8.69. The second-order valence-corrected chi connectivity index (χ2v) is 7.44. The predicted octanol–water partition coefficient (Wildman–Crippen LogP) is -0.694. The minimum Gasteiger partial charge on any atom is -0.376 e. The topological polar surface area (TPSA) is 84.5 Å². The van der Waals surface area contributed by atoms with Crippen LogP contribution in [-0.2, 0) is 19.4 Å². The summed E-state index contributed by atoms with van der Waals surface area (Å²) in [7, 11) is -2.99. The van der Waals surface area contributed by atoms with Crippen LogP contribution in [0.2, 0.25) is 0 Å². The fraction of sp³-hybridized carbons (Fsp3) is 0.917. The molecule has 1 atom stereocenters. The van der Waals surface area contributed by atoms with E-state index < -0.39 is 9.84 Å². The number of hydrogen-bond acceptors (Lipinski definition) is 5. The van der Waals surface area contributed by atoms with Gasteiger partial charge in [0.2, 0.25) is 5.91 Å². The van der Waals surface area contributed by atoms with E-state index in [9.17, 15) is 13.2 Å². The van der Waals surface area contributed by atoms with E-state index in [-0.39, 0.29) is 29.4 Å². The van der Waals surface area contributed by atoms with Gasteiger partial charge in [-0.15, -0.1) is 0 Å². The van der Waals surface area contributed by atoms with E-state index in [0.717, 1.165) is 25.9 Å². The van der Waals surface area contributed by atoms with Gasteiger partial charge in [-0.05, 0) is 32.4 Å². The maximum absolute atomic E-state index is 11.7. The number of rotatable bonds is 5. The zero-order valence-corrected chi connectivity index (χ0v) is 11.9. The maximum atomic E-state index is 11.7. The average molecular weight is 290 g/mol. The first kappa shape index (κ1) is 14.7. The molecular weight excluding hydrogens is 268 g/mol. The van der Waals surface area contributed by atoms with Crippen molar-refractivity contribution in [2.45, 2.75) is 25.4 Å². The lowest BCUT2D eigenvalue weighted by Gasteiger charge is -2.23. The summed E-state index contributed by atoms with van der Waals surface area (Å²) in [4.78, 5) is 11.7. The molecule has 2 aliphatic rings. The molecule has 2 N–H and O–H groups in total. The molecule has 0 saturated carbocycles. The third kappa shape index (κ3) is 4.74. The summed E-state index contributed by atoms with van der Waals surface area (Å²) in [6, 6.07) is 0. The fourth-order valence-electron chi connectivity index (χ4n) is 2.51. The summed E-state index contributed by atoms with van der Waals surface area (Å²) in [6.45, 7) is 2.92. The second-order valence-electron chi connectivity index (χ2n) is 5.21. The molecule has 0 spiro atoms. The van der Waals surface area contributed by atoms with E-state index in [1.165, 1.54) is 0 Å². The molecule has 1 amide bonds. The molecule has 0 aromatic carbocycles. The highest BCUT2D eigenvalue weighted by molar-refractivity contribution is 7.91. The van der Waals surface area contributed by atoms with E-state index in [1.807, 2.05) is 0 Å². The van der Waals surface area contributed by atoms with Crippen LogP contribution in [-0.4, -0.2) is 58.2 Å². The number of sulfone groups is 1. The van der Waals surface area contributed by atoms with Gasteiger partial charge in [-0.2, -0.15) is 0 Å². The van der Waals surface area contributed by atoms with E-state index in [1.54, 1.807) is 0 Å². The van der Waals surface area contributed by atoms with Crippen LogP contribution in [0.4, 0.5) is 0 Å². The Hall–Kier alpha value is -0.660.